The van der Waals surface area contributed by atoms with E-state index < -0.39 is 11.7 Å². The number of halogens is 3. The molecular formula is C17H19F3N4O. The van der Waals surface area contributed by atoms with Crippen LogP contribution in [0, 0.1) is 6.92 Å². The maximum absolute atomic E-state index is 13.1. The van der Waals surface area contributed by atoms with E-state index in [1.807, 2.05) is 16.7 Å². The van der Waals surface area contributed by atoms with E-state index in [1.165, 1.54) is 12.1 Å². The lowest BCUT2D eigenvalue weighted by Crippen LogP contribution is -2.47. The predicted octanol–water partition coefficient (Wildman–Crippen LogP) is 2.42. The summed E-state index contributed by atoms with van der Waals surface area (Å²) in [5.41, 5.74) is 0.834. The molecule has 2 heterocycles. The van der Waals surface area contributed by atoms with Crippen molar-refractivity contribution in [2.24, 2.45) is 0 Å². The lowest BCUT2D eigenvalue weighted by molar-refractivity contribution is -0.138. The predicted molar refractivity (Wildman–Crippen MR) is 88.5 cm³/mol. The Morgan fingerprint density at radius 2 is 1.84 bits per heavy atom. The third kappa shape index (κ3) is 3.84. The number of hydrogen-bond donors (Lipinski definition) is 1. The third-order valence-corrected chi connectivity index (χ3v) is 4.42. The maximum atomic E-state index is 13.1. The van der Waals surface area contributed by atoms with E-state index in [2.05, 4.69) is 10.2 Å². The van der Waals surface area contributed by atoms with E-state index in [9.17, 15) is 18.0 Å². The number of aromatic amines is 1. The zero-order valence-electron chi connectivity index (χ0n) is 13.8. The molecule has 0 bridgehead atoms. The van der Waals surface area contributed by atoms with E-state index >= 15 is 0 Å². The molecule has 1 saturated heterocycles. The zero-order chi connectivity index (χ0) is 18.0. The van der Waals surface area contributed by atoms with Crippen molar-refractivity contribution in [1.29, 1.82) is 0 Å². The summed E-state index contributed by atoms with van der Waals surface area (Å²) in [6.07, 6.45) is -2.75. The van der Waals surface area contributed by atoms with Crippen molar-refractivity contribution < 1.29 is 13.2 Å². The number of aryl methyl sites for hydroxylation is 1. The van der Waals surface area contributed by atoms with Gasteiger partial charge in [-0.3, -0.25) is 9.69 Å². The molecule has 0 unspecified atom stereocenters. The first-order valence-corrected chi connectivity index (χ1v) is 8.03. The molecule has 2 aromatic rings. The normalized spacial score (nSPS) is 16.2. The van der Waals surface area contributed by atoms with Gasteiger partial charge >= 0.3 is 6.18 Å². The van der Waals surface area contributed by atoms with Crippen molar-refractivity contribution in [3.05, 3.63) is 57.5 Å². The minimum Gasteiger partial charge on any atom is -0.364 e. The van der Waals surface area contributed by atoms with Crippen LogP contribution in [0.15, 0.2) is 35.3 Å². The topological polar surface area (TPSA) is 52.2 Å². The highest BCUT2D eigenvalue weighted by Crippen LogP contribution is 2.32. The molecule has 1 aromatic carbocycles. The second kappa shape index (κ2) is 6.87. The lowest BCUT2D eigenvalue weighted by atomic mass is 10.1. The number of hydrogen-bond acceptors (Lipinski definition) is 4. The Kier molecular flexibility index (Phi) is 4.80. The first kappa shape index (κ1) is 17.5. The van der Waals surface area contributed by atoms with Gasteiger partial charge in [-0.15, -0.1) is 0 Å². The van der Waals surface area contributed by atoms with Gasteiger partial charge in [-0.25, -0.2) is 5.10 Å². The fourth-order valence-electron chi connectivity index (χ4n) is 3.18. The van der Waals surface area contributed by atoms with E-state index in [4.69, 9.17) is 0 Å². The Hall–Kier alpha value is -2.35. The molecule has 0 spiro atoms. The molecule has 1 fully saturated rings. The van der Waals surface area contributed by atoms with Gasteiger partial charge in [0.15, 0.2) is 0 Å². The van der Waals surface area contributed by atoms with Crippen LogP contribution in [-0.2, 0) is 12.7 Å². The average molecular weight is 352 g/mol. The van der Waals surface area contributed by atoms with Gasteiger partial charge in [0.05, 0.1) is 11.8 Å². The van der Waals surface area contributed by atoms with E-state index in [0.717, 1.165) is 11.6 Å². The van der Waals surface area contributed by atoms with Crippen LogP contribution in [0.2, 0.25) is 0 Å². The van der Waals surface area contributed by atoms with Crippen molar-refractivity contribution in [2.75, 3.05) is 31.1 Å². The second-order valence-electron chi connectivity index (χ2n) is 6.15. The van der Waals surface area contributed by atoms with Gasteiger partial charge < -0.3 is 4.90 Å². The molecule has 3 rings (SSSR count). The number of nitrogens with zero attached hydrogens (tertiary/aromatic N) is 3. The summed E-state index contributed by atoms with van der Waals surface area (Å²) in [4.78, 5) is 15.9. The van der Waals surface area contributed by atoms with Gasteiger partial charge in [-0.1, -0.05) is 18.2 Å². The monoisotopic (exact) mass is 352 g/mol. The molecule has 0 amide bonds. The quantitative estimate of drug-likeness (QED) is 0.922. The van der Waals surface area contributed by atoms with Gasteiger partial charge in [0.2, 0.25) is 0 Å². The summed E-state index contributed by atoms with van der Waals surface area (Å²) in [6.45, 7) is 4.42. The van der Waals surface area contributed by atoms with E-state index in [0.29, 0.717) is 31.9 Å². The minimum atomic E-state index is -4.35. The van der Waals surface area contributed by atoms with Crippen molar-refractivity contribution in [1.82, 2.24) is 15.1 Å². The molecule has 134 valence electrons. The smallest absolute Gasteiger partial charge is 0.364 e. The molecule has 0 aliphatic carbocycles. The minimum absolute atomic E-state index is 0.240. The summed E-state index contributed by atoms with van der Waals surface area (Å²) in [7, 11) is 0. The standard InChI is InChI=1S/C17H19F3N4O/c1-12-10-21-22-16(25)15(12)24-8-6-23(7-9-24)11-13-4-2-3-5-14(13)17(18,19)20/h2-5,10H,6-9,11H2,1H3,(H,22,25). The Bertz CT molecular complexity index is 795. The highest BCUT2D eigenvalue weighted by Gasteiger charge is 2.33. The number of anilines is 1. The van der Waals surface area contributed by atoms with Gasteiger partial charge in [0.1, 0.15) is 5.69 Å². The number of H-pyrrole nitrogens is 1. The molecular weight excluding hydrogens is 333 g/mol. The summed E-state index contributed by atoms with van der Waals surface area (Å²) >= 11 is 0. The molecule has 0 radical (unpaired) electrons. The summed E-state index contributed by atoms with van der Waals surface area (Å²) in [5, 5.41) is 6.19. The molecule has 0 atom stereocenters. The van der Waals surface area contributed by atoms with Crippen LogP contribution < -0.4 is 10.5 Å². The first-order chi connectivity index (χ1) is 11.9. The Balaban J connectivity index is 1.69. The van der Waals surface area contributed by atoms with Gasteiger partial charge in [0.25, 0.3) is 5.56 Å². The van der Waals surface area contributed by atoms with Crippen molar-refractivity contribution in [3.63, 3.8) is 0 Å². The Morgan fingerprint density at radius 3 is 2.48 bits per heavy atom. The van der Waals surface area contributed by atoms with Crippen molar-refractivity contribution in [3.8, 4) is 0 Å². The summed E-state index contributed by atoms with van der Waals surface area (Å²) in [6, 6.07) is 5.67. The highest BCUT2D eigenvalue weighted by atomic mass is 19.4. The van der Waals surface area contributed by atoms with Crippen molar-refractivity contribution >= 4 is 5.69 Å². The zero-order valence-corrected chi connectivity index (χ0v) is 13.8. The molecule has 1 aliphatic rings. The van der Waals surface area contributed by atoms with E-state index in [1.54, 1.807) is 12.3 Å². The molecule has 5 nitrogen and oxygen atoms in total. The Morgan fingerprint density at radius 1 is 1.16 bits per heavy atom. The third-order valence-electron chi connectivity index (χ3n) is 4.42. The lowest BCUT2D eigenvalue weighted by Gasteiger charge is -2.36. The molecule has 0 saturated carbocycles. The summed E-state index contributed by atoms with van der Waals surface area (Å²) < 4.78 is 39.3. The number of benzene rings is 1. The maximum Gasteiger partial charge on any atom is 0.416 e. The van der Waals surface area contributed by atoms with Gasteiger partial charge in [-0.2, -0.15) is 18.3 Å². The fourth-order valence-corrected chi connectivity index (χ4v) is 3.18. The number of alkyl halides is 3. The molecule has 1 aliphatic heterocycles. The fraction of sp³-hybridized carbons (Fsp3) is 0.412. The van der Waals surface area contributed by atoms with Crippen LogP contribution >= 0.6 is 0 Å². The van der Waals surface area contributed by atoms with Crippen LogP contribution in [0.5, 0.6) is 0 Å². The molecule has 1 N–H and O–H groups in total. The largest absolute Gasteiger partial charge is 0.416 e. The number of piperazine rings is 1. The van der Waals surface area contributed by atoms with Gasteiger partial charge in [-0.05, 0) is 24.1 Å². The molecule has 8 heteroatoms. The van der Waals surface area contributed by atoms with Gasteiger partial charge in [0, 0.05) is 32.7 Å². The number of aromatic nitrogens is 2. The van der Waals surface area contributed by atoms with Crippen LogP contribution in [0.4, 0.5) is 18.9 Å². The van der Waals surface area contributed by atoms with Crippen LogP contribution in [0.3, 0.4) is 0 Å². The molecule has 1 aromatic heterocycles. The number of nitrogens with one attached hydrogen (secondary N) is 1. The first-order valence-electron chi connectivity index (χ1n) is 8.03. The van der Waals surface area contributed by atoms with E-state index in [-0.39, 0.29) is 17.7 Å². The van der Waals surface area contributed by atoms with Crippen LogP contribution in [-0.4, -0.2) is 41.3 Å². The SMILES string of the molecule is Cc1cn[nH]c(=O)c1N1CCN(Cc2ccccc2C(F)(F)F)CC1. The number of rotatable bonds is 3. The second-order valence-corrected chi connectivity index (χ2v) is 6.15. The Labute approximate surface area is 143 Å². The summed E-state index contributed by atoms with van der Waals surface area (Å²) in [5.74, 6) is 0. The van der Waals surface area contributed by atoms with Crippen LogP contribution in [0.25, 0.3) is 0 Å². The van der Waals surface area contributed by atoms with Crippen LogP contribution in [0.1, 0.15) is 16.7 Å². The van der Waals surface area contributed by atoms with Crippen molar-refractivity contribution in [2.45, 2.75) is 19.6 Å². The average Bonchev–Trinajstić information content (AvgIpc) is 2.56. The highest BCUT2D eigenvalue weighted by molar-refractivity contribution is 5.50. The molecule has 25 heavy (non-hydrogen) atoms.